The summed E-state index contributed by atoms with van der Waals surface area (Å²) in [6.07, 6.45) is 9.36. The summed E-state index contributed by atoms with van der Waals surface area (Å²) in [5, 5.41) is 10.5. The number of aromatic nitrogens is 1. The van der Waals surface area contributed by atoms with Crippen molar-refractivity contribution < 1.29 is 14.6 Å². The number of rotatable bonds is 6. The molecule has 0 amide bonds. The highest BCUT2D eigenvalue weighted by molar-refractivity contribution is 6.32. The van der Waals surface area contributed by atoms with E-state index in [0.717, 1.165) is 35.1 Å². The highest BCUT2D eigenvalue weighted by Crippen LogP contribution is 2.34. The maximum Gasteiger partial charge on any atom is 0.307 e. The fraction of sp³-hybridized carbons (Fsp3) is 0.435. The standard InChI is InChI=1S/C14H16ClNO3.C7H12.C2H6/c1-4-16-8(2)9(6-14(17)18)10-5-13(19-3)11(15)7-12(10)16;1-3-5-7-6-4-2;1-2/h5,7H,4,6H2,1-3H3,(H,17,18);3,5-7H,4H2,1-2H3;1-2H3/b;5-3-,7-6-;. The molecule has 0 atom stereocenters. The normalized spacial score (nSPS) is 10.6. The molecule has 0 radical (unpaired) electrons. The van der Waals surface area contributed by atoms with Crippen molar-refractivity contribution in [3.05, 3.63) is 52.7 Å². The predicted molar refractivity (Wildman–Crippen MR) is 121 cm³/mol. The second-order valence-electron chi connectivity index (χ2n) is 5.74. The lowest BCUT2D eigenvalue weighted by atomic mass is 10.1. The number of hydrogen-bond donors (Lipinski definition) is 1. The summed E-state index contributed by atoms with van der Waals surface area (Å²) in [4.78, 5) is 11.0. The van der Waals surface area contributed by atoms with Gasteiger partial charge in [0, 0.05) is 17.6 Å². The van der Waals surface area contributed by atoms with E-state index in [0.29, 0.717) is 10.8 Å². The summed E-state index contributed by atoms with van der Waals surface area (Å²) in [7, 11) is 1.55. The Kier molecular flexibility index (Phi) is 12.8. The Balaban J connectivity index is 0.000000688. The van der Waals surface area contributed by atoms with Gasteiger partial charge < -0.3 is 14.4 Å². The third-order valence-corrected chi connectivity index (χ3v) is 4.34. The molecule has 0 spiro atoms. The van der Waals surface area contributed by atoms with Crippen LogP contribution in [0.4, 0.5) is 0 Å². The maximum absolute atomic E-state index is 11.0. The molecule has 28 heavy (non-hydrogen) atoms. The van der Waals surface area contributed by atoms with Crippen LogP contribution >= 0.6 is 11.6 Å². The molecule has 0 unspecified atom stereocenters. The topological polar surface area (TPSA) is 51.5 Å². The Labute approximate surface area is 174 Å². The van der Waals surface area contributed by atoms with Crippen LogP contribution in [0.15, 0.2) is 36.4 Å². The van der Waals surface area contributed by atoms with E-state index in [1.54, 1.807) is 7.11 Å². The summed E-state index contributed by atoms with van der Waals surface area (Å²) < 4.78 is 7.28. The van der Waals surface area contributed by atoms with Crippen LogP contribution in [0.1, 0.15) is 52.3 Å². The first kappa shape index (κ1) is 25.8. The van der Waals surface area contributed by atoms with Crippen LogP contribution in [-0.4, -0.2) is 22.8 Å². The van der Waals surface area contributed by atoms with Crippen molar-refractivity contribution in [2.24, 2.45) is 0 Å². The fourth-order valence-corrected chi connectivity index (χ4v) is 3.05. The first-order chi connectivity index (χ1) is 13.4. The van der Waals surface area contributed by atoms with Crippen molar-refractivity contribution >= 4 is 28.5 Å². The van der Waals surface area contributed by atoms with E-state index in [9.17, 15) is 4.79 Å². The first-order valence-corrected chi connectivity index (χ1v) is 10.1. The van der Waals surface area contributed by atoms with Gasteiger partial charge in [-0.2, -0.15) is 0 Å². The lowest BCUT2D eigenvalue weighted by molar-refractivity contribution is -0.136. The van der Waals surface area contributed by atoms with Crippen LogP contribution in [0.5, 0.6) is 5.75 Å². The molecule has 0 aliphatic rings. The van der Waals surface area contributed by atoms with Crippen LogP contribution in [0.25, 0.3) is 10.9 Å². The van der Waals surface area contributed by atoms with E-state index in [4.69, 9.17) is 21.4 Å². The van der Waals surface area contributed by atoms with E-state index < -0.39 is 5.97 Å². The Morgan fingerprint density at radius 2 is 1.89 bits per heavy atom. The molecule has 156 valence electrons. The molecule has 0 saturated heterocycles. The Morgan fingerprint density at radius 3 is 2.36 bits per heavy atom. The monoisotopic (exact) mass is 407 g/mol. The molecule has 0 aliphatic carbocycles. The van der Waals surface area contributed by atoms with Gasteiger partial charge in [0.05, 0.1) is 24.1 Å². The second-order valence-corrected chi connectivity index (χ2v) is 6.15. The zero-order valence-corrected chi connectivity index (χ0v) is 18.9. The van der Waals surface area contributed by atoms with Crippen molar-refractivity contribution in [3.63, 3.8) is 0 Å². The fourth-order valence-electron chi connectivity index (χ4n) is 2.81. The van der Waals surface area contributed by atoms with Crippen molar-refractivity contribution in [1.82, 2.24) is 4.57 Å². The molecular weight excluding hydrogens is 374 g/mol. The number of aryl methyl sites for hydroxylation is 1. The van der Waals surface area contributed by atoms with E-state index in [1.807, 2.05) is 58.9 Å². The average Bonchev–Trinajstić information content (AvgIpc) is 2.93. The number of fused-ring (bicyclic) bond motifs is 1. The van der Waals surface area contributed by atoms with Gasteiger partial charge in [-0.15, -0.1) is 0 Å². The smallest absolute Gasteiger partial charge is 0.307 e. The number of halogens is 1. The van der Waals surface area contributed by atoms with E-state index in [1.165, 1.54) is 0 Å². The second kappa shape index (κ2) is 13.9. The minimum Gasteiger partial charge on any atom is -0.495 e. The number of ether oxygens (including phenoxy) is 1. The van der Waals surface area contributed by atoms with Gasteiger partial charge in [-0.3, -0.25) is 4.79 Å². The molecule has 0 fully saturated rings. The summed E-state index contributed by atoms with van der Waals surface area (Å²) in [5.41, 5.74) is 2.73. The largest absolute Gasteiger partial charge is 0.495 e. The van der Waals surface area contributed by atoms with Gasteiger partial charge in [-0.05, 0) is 44.9 Å². The van der Waals surface area contributed by atoms with E-state index in [-0.39, 0.29) is 6.42 Å². The van der Waals surface area contributed by atoms with Crippen LogP contribution in [0, 0.1) is 6.92 Å². The number of carbonyl (C=O) groups is 1. The summed E-state index contributed by atoms with van der Waals surface area (Å²) in [5.74, 6) is -0.277. The lowest BCUT2D eigenvalue weighted by Crippen LogP contribution is -2.03. The molecule has 0 aliphatic heterocycles. The average molecular weight is 408 g/mol. The number of methoxy groups -OCH3 is 1. The van der Waals surface area contributed by atoms with Gasteiger partial charge in [-0.1, -0.05) is 56.7 Å². The summed E-state index contributed by atoms with van der Waals surface area (Å²) in [6, 6.07) is 3.65. The predicted octanol–water partition coefficient (Wildman–Crippen LogP) is 6.81. The molecule has 4 nitrogen and oxygen atoms in total. The van der Waals surface area contributed by atoms with Gasteiger partial charge in [0.1, 0.15) is 5.75 Å². The molecule has 1 aromatic heterocycles. The van der Waals surface area contributed by atoms with Gasteiger partial charge in [0.2, 0.25) is 0 Å². The maximum atomic E-state index is 11.0. The Hall–Kier alpha value is -2.20. The minimum absolute atomic E-state index is 0.000119. The lowest BCUT2D eigenvalue weighted by Gasteiger charge is -2.06. The van der Waals surface area contributed by atoms with Crippen LogP contribution in [0.2, 0.25) is 5.02 Å². The third-order valence-electron chi connectivity index (χ3n) is 4.05. The van der Waals surface area contributed by atoms with Gasteiger partial charge >= 0.3 is 5.97 Å². The number of nitrogens with zero attached hydrogens (tertiary/aromatic N) is 1. The molecule has 1 heterocycles. The molecule has 1 N–H and O–H groups in total. The van der Waals surface area contributed by atoms with Crippen molar-refractivity contribution in [1.29, 1.82) is 0 Å². The number of carboxylic acids is 1. The SMILES string of the molecule is C/C=C\C=C/CC.CC.CCn1c(C)c(CC(=O)O)c2cc(OC)c(Cl)cc21. The van der Waals surface area contributed by atoms with Gasteiger partial charge in [0.15, 0.2) is 0 Å². The van der Waals surface area contributed by atoms with E-state index >= 15 is 0 Å². The first-order valence-electron chi connectivity index (χ1n) is 9.75. The number of aliphatic carboxylic acids is 1. The number of benzene rings is 1. The van der Waals surface area contributed by atoms with Crippen LogP contribution < -0.4 is 4.74 Å². The summed E-state index contributed by atoms with van der Waals surface area (Å²) >= 11 is 6.14. The molecule has 0 bridgehead atoms. The summed E-state index contributed by atoms with van der Waals surface area (Å²) in [6.45, 7) is 12.9. The molecule has 1 aromatic carbocycles. The number of carboxylic acid groups (broad SMARTS) is 1. The highest BCUT2D eigenvalue weighted by atomic mass is 35.5. The quantitative estimate of drug-likeness (QED) is 0.535. The Bertz CT molecular complexity index is 804. The van der Waals surface area contributed by atoms with Crippen LogP contribution in [-0.2, 0) is 17.8 Å². The zero-order chi connectivity index (χ0) is 21.7. The molecule has 2 rings (SSSR count). The van der Waals surface area contributed by atoms with Crippen LogP contribution in [0.3, 0.4) is 0 Å². The molecular formula is C23H34ClNO3. The molecule has 2 aromatic rings. The van der Waals surface area contributed by atoms with Gasteiger partial charge in [-0.25, -0.2) is 0 Å². The van der Waals surface area contributed by atoms with Crippen molar-refractivity contribution in [3.8, 4) is 5.75 Å². The van der Waals surface area contributed by atoms with E-state index in [2.05, 4.69) is 23.6 Å². The Morgan fingerprint density at radius 1 is 1.25 bits per heavy atom. The third kappa shape index (κ3) is 7.08. The van der Waals surface area contributed by atoms with Crippen molar-refractivity contribution in [2.75, 3.05) is 7.11 Å². The van der Waals surface area contributed by atoms with Crippen molar-refractivity contribution in [2.45, 2.75) is 60.9 Å². The minimum atomic E-state index is -0.841. The number of allylic oxidation sites excluding steroid dienone is 4. The highest BCUT2D eigenvalue weighted by Gasteiger charge is 2.17. The zero-order valence-electron chi connectivity index (χ0n) is 18.2. The molecule has 5 heteroatoms. The molecule has 0 saturated carbocycles. The van der Waals surface area contributed by atoms with Gasteiger partial charge in [0.25, 0.3) is 0 Å². The number of hydrogen-bond acceptors (Lipinski definition) is 2.